The van der Waals surface area contributed by atoms with E-state index < -0.39 is 5.97 Å². The number of thioether (sulfide) groups is 1. The lowest BCUT2D eigenvalue weighted by Gasteiger charge is -2.18. The van der Waals surface area contributed by atoms with E-state index in [0.29, 0.717) is 33.7 Å². The van der Waals surface area contributed by atoms with E-state index >= 15 is 0 Å². The minimum Gasteiger partial charge on any atom is -0.462 e. The van der Waals surface area contributed by atoms with Crippen LogP contribution in [0.4, 0.5) is 5.00 Å². The molecule has 2 rings (SSSR count). The molecule has 0 saturated heterocycles. The normalized spacial score (nSPS) is 10.7. The standard InChI is InChI=1S/C17H24N6O4S2/c1-6-23(7-2)15(25)13-10(4)12(16(26)27-8-3)14(29-13)18-11(24)9-28-17-19-20-21-22(17)5/h6-9H2,1-5H3,(H,18,24). The first kappa shape index (κ1) is 22.8. The van der Waals surface area contributed by atoms with Crippen molar-refractivity contribution < 1.29 is 19.1 Å². The lowest BCUT2D eigenvalue weighted by molar-refractivity contribution is -0.113. The first-order valence-corrected chi connectivity index (χ1v) is 10.9. The molecule has 0 unspecified atom stereocenters. The number of thiophene rings is 1. The summed E-state index contributed by atoms with van der Waals surface area (Å²) in [4.78, 5) is 39.8. The summed E-state index contributed by atoms with van der Waals surface area (Å²) in [5, 5.41) is 14.6. The Morgan fingerprint density at radius 2 is 1.93 bits per heavy atom. The first-order chi connectivity index (χ1) is 13.8. The van der Waals surface area contributed by atoms with Gasteiger partial charge in [0.15, 0.2) is 0 Å². The minimum atomic E-state index is -0.569. The molecule has 0 aliphatic rings. The van der Waals surface area contributed by atoms with Gasteiger partial charge in [-0.3, -0.25) is 9.59 Å². The maximum absolute atomic E-state index is 12.8. The van der Waals surface area contributed by atoms with Gasteiger partial charge in [0.25, 0.3) is 5.91 Å². The van der Waals surface area contributed by atoms with E-state index in [1.807, 2.05) is 13.8 Å². The third-order valence-electron chi connectivity index (χ3n) is 4.04. The summed E-state index contributed by atoms with van der Waals surface area (Å²) in [6.45, 7) is 8.45. The third kappa shape index (κ3) is 5.32. The van der Waals surface area contributed by atoms with Crippen LogP contribution in [0.15, 0.2) is 5.16 Å². The summed E-state index contributed by atoms with van der Waals surface area (Å²) in [6, 6.07) is 0. The van der Waals surface area contributed by atoms with Gasteiger partial charge in [0, 0.05) is 20.1 Å². The molecule has 29 heavy (non-hydrogen) atoms. The van der Waals surface area contributed by atoms with Gasteiger partial charge in [-0.1, -0.05) is 11.8 Å². The molecule has 2 aromatic heterocycles. The topological polar surface area (TPSA) is 119 Å². The summed E-state index contributed by atoms with van der Waals surface area (Å²) >= 11 is 2.25. The fraction of sp³-hybridized carbons (Fsp3) is 0.529. The average Bonchev–Trinajstić information content (AvgIpc) is 3.23. The smallest absolute Gasteiger partial charge is 0.341 e. The fourth-order valence-corrected chi connectivity index (χ4v) is 4.37. The molecule has 0 aliphatic heterocycles. The van der Waals surface area contributed by atoms with Gasteiger partial charge in [-0.15, -0.1) is 16.4 Å². The van der Waals surface area contributed by atoms with Crippen LogP contribution in [-0.2, 0) is 16.6 Å². The molecule has 2 amide bonds. The van der Waals surface area contributed by atoms with E-state index in [-0.39, 0.29) is 29.7 Å². The molecule has 2 heterocycles. The predicted molar refractivity (Wildman–Crippen MR) is 110 cm³/mol. The van der Waals surface area contributed by atoms with Crippen LogP contribution in [0.25, 0.3) is 0 Å². The van der Waals surface area contributed by atoms with Crippen molar-refractivity contribution in [3.8, 4) is 0 Å². The Kier molecular flexibility index (Phi) is 8.14. The summed E-state index contributed by atoms with van der Waals surface area (Å²) in [7, 11) is 1.67. The van der Waals surface area contributed by atoms with Crippen LogP contribution in [0.3, 0.4) is 0 Å². The summed E-state index contributed by atoms with van der Waals surface area (Å²) in [5.74, 6) is -1.04. The molecule has 0 aromatic carbocycles. The summed E-state index contributed by atoms with van der Waals surface area (Å²) in [6.07, 6.45) is 0. The fourth-order valence-electron chi connectivity index (χ4n) is 2.55. The number of amides is 2. The largest absolute Gasteiger partial charge is 0.462 e. The zero-order valence-corrected chi connectivity index (χ0v) is 18.6. The van der Waals surface area contributed by atoms with Gasteiger partial charge in [0.05, 0.1) is 22.8 Å². The molecule has 0 bridgehead atoms. The van der Waals surface area contributed by atoms with E-state index in [9.17, 15) is 14.4 Å². The number of carbonyl (C=O) groups is 3. The number of hydrogen-bond acceptors (Lipinski definition) is 9. The molecule has 0 aliphatic carbocycles. The van der Waals surface area contributed by atoms with Gasteiger partial charge in [-0.25, -0.2) is 9.48 Å². The third-order valence-corrected chi connectivity index (χ3v) is 6.24. The molecular formula is C17H24N6O4S2. The van der Waals surface area contributed by atoms with Crippen molar-refractivity contribution in [2.24, 2.45) is 7.05 Å². The number of carbonyl (C=O) groups excluding carboxylic acids is 3. The number of aromatic nitrogens is 4. The molecule has 158 valence electrons. The molecule has 12 heteroatoms. The maximum atomic E-state index is 12.8. The average molecular weight is 441 g/mol. The number of nitrogens with zero attached hydrogens (tertiary/aromatic N) is 5. The van der Waals surface area contributed by atoms with E-state index in [2.05, 4.69) is 20.8 Å². The van der Waals surface area contributed by atoms with E-state index in [4.69, 9.17) is 4.74 Å². The maximum Gasteiger partial charge on any atom is 0.341 e. The Labute approximate surface area is 177 Å². The van der Waals surface area contributed by atoms with Gasteiger partial charge in [-0.05, 0) is 43.7 Å². The number of anilines is 1. The highest BCUT2D eigenvalue weighted by Gasteiger charge is 2.28. The number of aryl methyl sites for hydroxylation is 1. The van der Waals surface area contributed by atoms with Crippen LogP contribution in [0.1, 0.15) is 46.4 Å². The van der Waals surface area contributed by atoms with Crippen molar-refractivity contribution in [3.63, 3.8) is 0 Å². The van der Waals surface area contributed by atoms with Crippen LogP contribution in [0, 0.1) is 6.92 Å². The summed E-state index contributed by atoms with van der Waals surface area (Å²) < 4.78 is 6.58. The molecular weight excluding hydrogens is 416 g/mol. The molecule has 0 radical (unpaired) electrons. The van der Waals surface area contributed by atoms with Crippen molar-refractivity contribution >= 4 is 45.9 Å². The number of tetrazole rings is 1. The molecule has 2 aromatic rings. The van der Waals surface area contributed by atoms with Crippen molar-refractivity contribution in [2.45, 2.75) is 32.9 Å². The predicted octanol–water partition coefficient (Wildman–Crippen LogP) is 1.97. The minimum absolute atomic E-state index is 0.0484. The van der Waals surface area contributed by atoms with Crippen LogP contribution in [0.5, 0.6) is 0 Å². The van der Waals surface area contributed by atoms with Gasteiger partial charge in [0.1, 0.15) is 5.00 Å². The number of esters is 1. The van der Waals surface area contributed by atoms with Crippen molar-refractivity contribution in [3.05, 3.63) is 16.0 Å². The number of rotatable bonds is 9. The Morgan fingerprint density at radius 1 is 1.24 bits per heavy atom. The zero-order chi connectivity index (χ0) is 21.6. The van der Waals surface area contributed by atoms with Gasteiger partial charge < -0.3 is 15.0 Å². The molecule has 1 N–H and O–H groups in total. The van der Waals surface area contributed by atoms with Crippen LogP contribution in [-0.4, -0.2) is 68.3 Å². The molecule has 0 atom stereocenters. The quantitative estimate of drug-likeness (QED) is 0.464. The molecule has 0 fully saturated rings. The monoisotopic (exact) mass is 440 g/mol. The lowest BCUT2D eigenvalue weighted by atomic mass is 10.1. The second kappa shape index (κ2) is 10.3. The lowest BCUT2D eigenvalue weighted by Crippen LogP contribution is -2.30. The summed E-state index contributed by atoms with van der Waals surface area (Å²) in [5.41, 5.74) is 0.719. The van der Waals surface area contributed by atoms with Crippen LogP contribution in [0.2, 0.25) is 0 Å². The molecule has 10 nitrogen and oxygen atoms in total. The van der Waals surface area contributed by atoms with Crippen molar-refractivity contribution in [1.29, 1.82) is 0 Å². The van der Waals surface area contributed by atoms with Crippen LogP contribution < -0.4 is 5.32 Å². The Hall–Kier alpha value is -2.47. The first-order valence-electron chi connectivity index (χ1n) is 9.08. The molecule has 0 saturated carbocycles. The zero-order valence-electron chi connectivity index (χ0n) is 17.0. The van der Waals surface area contributed by atoms with Gasteiger partial charge >= 0.3 is 5.97 Å². The van der Waals surface area contributed by atoms with Gasteiger partial charge in [-0.2, -0.15) is 0 Å². The Balaban J connectivity index is 2.27. The second-order valence-electron chi connectivity index (χ2n) is 5.88. The highest BCUT2D eigenvalue weighted by Crippen LogP contribution is 2.35. The number of hydrogen-bond donors (Lipinski definition) is 1. The Morgan fingerprint density at radius 3 is 2.48 bits per heavy atom. The van der Waals surface area contributed by atoms with Gasteiger partial charge in [0.2, 0.25) is 11.1 Å². The van der Waals surface area contributed by atoms with Crippen molar-refractivity contribution in [1.82, 2.24) is 25.1 Å². The van der Waals surface area contributed by atoms with E-state index in [1.165, 1.54) is 4.68 Å². The number of nitrogens with one attached hydrogen (secondary N) is 1. The van der Waals surface area contributed by atoms with Crippen molar-refractivity contribution in [2.75, 3.05) is 30.8 Å². The second-order valence-corrected chi connectivity index (χ2v) is 7.84. The highest BCUT2D eigenvalue weighted by atomic mass is 32.2. The van der Waals surface area contributed by atoms with E-state index in [0.717, 1.165) is 23.1 Å². The highest BCUT2D eigenvalue weighted by molar-refractivity contribution is 7.99. The Bertz CT molecular complexity index is 891. The van der Waals surface area contributed by atoms with Crippen LogP contribution >= 0.6 is 23.1 Å². The molecule has 0 spiro atoms. The van der Waals surface area contributed by atoms with E-state index in [1.54, 1.807) is 25.8 Å². The SMILES string of the molecule is CCOC(=O)c1c(NC(=O)CSc2nnnn2C)sc(C(=O)N(CC)CC)c1C. The number of ether oxygens (including phenoxy) is 1.